The van der Waals surface area contributed by atoms with Gasteiger partial charge in [-0.15, -0.1) is 8.80 Å². The zero-order valence-electron chi connectivity index (χ0n) is 32.0. The number of fused-ring (bicyclic) bond motifs is 2. The average molecular weight is 871 g/mol. The van der Waals surface area contributed by atoms with E-state index in [4.69, 9.17) is 30.5 Å². The highest BCUT2D eigenvalue weighted by Crippen LogP contribution is 2.30. The van der Waals surface area contributed by atoms with Crippen LogP contribution in [0.15, 0.2) is 114 Å². The molecular weight excluding hydrogens is 832 g/mol. The standard InChI is InChI=1S/C19H19N3O6S.C12H16N2O4.C7H4ClNO2S/c1-3-28-18(24)12-22(20-11-13-8-9-15(23)16(10-13)27-2)19-14-6-4-5-7-17(14)29(25,26)21-19;1-3-18-12(16)8-14-13-7-9-4-5-10(15)11(6-9)17-2;8-7-5-3-1-2-4-6(5)12(10,11)9-7/h4-11,23H,3,12H2,1-2H3;4-7,14-15H,3,8H2,1-2H3;1-4H/b20-11+;13-7+;. The average Bonchev–Trinajstić information content (AvgIpc) is 3.63. The summed E-state index contributed by atoms with van der Waals surface area (Å²) < 4.78 is 73.9. The van der Waals surface area contributed by atoms with E-state index in [1.807, 2.05) is 0 Å². The third kappa shape index (κ3) is 12.2. The van der Waals surface area contributed by atoms with Crippen LogP contribution in [-0.4, -0.2) is 108 Å². The summed E-state index contributed by atoms with van der Waals surface area (Å²) >= 11 is 5.60. The Bertz CT molecular complexity index is 2510. The van der Waals surface area contributed by atoms with Crippen molar-refractivity contribution in [1.29, 1.82) is 0 Å². The maximum absolute atomic E-state index is 12.3. The van der Waals surface area contributed by atoms with Crippen molar-refractivity contribution >= 4 is 67.0 Å². The second-order valence-electron chi connectivity index (χ2n) is 11.6. The molecular formula is C38H39ClN6O12S2. The minimum atomic E-state index is -3.88. The molecule has 0 atom stereocenters. The van der Waals surface area contributed by atoms with Gasteiger partial charge >= 0.3 is 11.9 Å². The third-order valence-corrected chi connectivity index (χ3v) is 10.7. The van der Waals surface area contributed by atoms with E-state index in [0.717, 1.165) is 5.56 Å². The molecule has 0 aliphatic carbocycles. The SMILES string of the molecule is CCOC(=O)CN(/N=C/c1ccc(O)c(OC)c1)C1=NS(=O)(=O)c2ccccc21.CCOC(=O)CN/N=C/c1ccc(O)c(OC)c1.O=S1(=O)N=C(Cl)c2ccccc21. The number of phenols is 2. The van der Waals surface area contributed by atoms with Crippen molar-refractivity contribution in [3.05, 3.63) is 107 Å². The smallest absolute Gasteiger partial charge is 0.327 e. The monoisotopic (exact) mass is 870 g/mol. The van der Waals surface area contributed by atoms with Crippen molar-refractivity contribution in [2.45, 2.75) is 23.6 Å². The van der Waals surface area contributed by atoms with Crippen LogP contribution in [0.25, 0.3) is 0 Å². The number of nitrogens with zero attached hydrogens (tertiary/aromatic N) is 5. The van der Waals surface area contributed by atoms with Gasteiger partial charge in [0.15, 0.2) is 34.0 Å². The number of esters is 2. The molecule has 18 nitrogen and oxygen atoms in total. The van der Waals surface area contributed by atoms with E-state index in [0.29, 0.717) is 29.0 Å². The van der Waals surface area contributed by atoms with Crippen LogP contribution in [0.3, 0.4) is 0 Å². The lowest BCUT2D eigenvalue weighted by molar-refractivity contribution is -0.143. The molecule has 0 saturated heterocycles. The van der Waals surface area contributed by atoms with Gasteiger partial charge in [0.05, 0.1) is 44.8 Å². The highest BCUT2D eigenvalue weighted by atomic mass is 35.5. The lowest BCUT2D eigenvalue weighted by Crippen LogP contribution is -2.32. The predicted molar refractivity (Wildman–Crippen MR) is 219 cm³/mol. The van der Waals surface area contributed by atoms with Crippen molar-refractivity contribution in [2.75, 3.05) is 40.5 Å². The molecule has 0 unspecified atom stereocenters. The van der Waals surface area contributed by atoms with Crippen LogP contribution in [0.5, 0.6) is 23.0 Å². The molecule has 21 heteroatoms. The molecule has 0 radical (unpaired) electrons. The number of phenolic OH excluding ortho intramolecular Hbond substituents is 2. The lowest BCUT2D eigenvalue weighted by Gasteiger charge is -2.17. The normalized spacial score (nSPS) is 14.0. The maximum atomic E-state index is 12.3. The second-order valence-corrected chi connectivity index (χ2v) is 15.1. The Kier molecular flexibility index (Phi) is 15.9. The number of hydrogen-bond acceptors (Lipinski definition) is 16. The number of aromatic hydroxyl groups is 2. The highest BCUT2D eigenvalue weighted by Gasteiger charge is 2.33. The molecule has 59 heavy (non-hydrogen) atoms. The summed E-state index contributed by atoms with van der Waals surface area (Å²) in [5, 5.41) is 28.4. The molecule has 0 spiro atoms. The Balaban J connectivity index is 0.000000217. The third-order valence-electron chi connectivity index (χ3n) is 7.62. The van der Waals surface area contributed by atoms with Crippen LogP contribution in [0, 0.1) is 0 Å². The Hall–Kier alpha value is -6.51. The van der Waals surface area contributed by atoms with Gasteiger partial charge in [0.2, 0.25) is 0 Å². The fourth-order valence-corrected chi connectivity index (χ4v) is 7.77. The molecule has 2 heterocycles. The number of halogens is 1. The summed E-state index contributed by atoms with van der Waals surface area (Å²) in [4.78, 5) is 23.3. The number of ether oxygens (including phenoxy) is 4. The lowest BCUT2D eigenvalue weighted by atomic mass is 10.2. The first-order valence-electron chi connectivity index (χ1n) is 17.3. The van der Waals surface area contributed by atoms with Crippen molar-refractivity contribution < 1.29 is 55.6 Å². The van der Waals surface area contributed by atoms with Crippen LogP contribution in [0.1, 0.15) is 36.1 Å². The summed E-state index contributed by atoms with van der Waals surface area (Å²) in [5.41, 5.74) is 4.69. The number of nitrogens with one attached hydrogen (secondary N) is 1. The second kappa shape index (κ2) is 20.8. The zero-order valence-corrected chi connectivity index (χ0v) is 34.4. The van der Waals surface area contributed by atoms with Crippen LogP contribution in [-0.2, 0) is 39.1 Å². The van der Waals surface area contributed by atoms with E-state index < -0.39 is 26.0 Å². The number of rotatable bonds is 12. The van der Waals surface area contributed by atoms with E-state index in [1.54, 1.807) is 74.5 Å². The van der Waals surface area contributed by atoms with E-state index >= 15 is 0 Å². The number of benzene rings is 4. The largest absolute Gasteiger partial charge is 0.504 e. The molecule has 0 aromatic heterocycles. The van der Waals surface area contributed by atoms with Crippen LogP contribution < -0.4 is 14.9 Å². The molecule has 4 aromatic rings. The molecule has 6 rings (SSSR count). The van der Waals surface area contributed by atoms with Gasteiger partial charge in [0.1, 0.15) is 18.0 Å². The van der Waals surface area contributed by atoms with Gasteiger partial charge in [-0.3, -0.25) is 15.0 Å². The summed E-state index contributed by atoms with van der Waals surface area (Å²) in [6.07, 6.45) is 2.92. The van der Waals surface area contributed by atoms with Gasteiger partial charge in [-0.1, -0.05) is 41.9 Å². The molecule has 0 saturated carbocycles. The molecule has 3 N–H and O–H groups in total. The first-order valence-corrected chi connectivity index (χ1v) is 20.6. The molecule has 2 aliphatic heterocycles. The van der Waals surface area contributed by atoms with Crippen molar-refractivity contribution in [1.82, 2.24) is 10.4 Å². The summed E-state index contributed by atoms with van der Waals surface area (Å²) in [5.74, 6) is -0.283. The maximum Gasteiger partial charge on any atom is 0.327 e. The number of hydrazone groups is 2. The van der Waals surface area contributed by atoms with Crippen LogP contribution in [0.2, 0.25) is 0 Å². The number of carbonyl (C=O) groups excluding carboxylic acids is 2. The summed E-state index contributed by atoms with van der Waals surface area (Å²) in [7, 11) is -4.50. The van der Waals surface area contributed by atoms with Crippen LogP contribution >= 0.6 is 11.6 Å². The topological polar surface area (TPSA) is 245 Å². The fourth-order valence-electron chi connectivity index (χ4n) is 4.97. The predicted octanol–water partition coefficient (Wildman–Crippen LogP) is 4.01. The van der Waals surface area contributed by atoms with Gasteiger partial charge in [0.25, 0.3) is 20.0 Å². The van der Waals surface area contributed by atoms with E-state index in [2.05, 4.69) is 24.4 Å². The molecule has 2 aliphatic rings. The van der Waals surface area contributed by atoms with Gasteiger partial charge in [-0.05, 0) is 79.6 Å². The Morgan fingerprint density at radius 2 is 1.25 bits per heavy atom. The molecule has 0 bridgehead atoms. The first kappa shape index (κ1) is 45.2. The van der Waals surface area contributed by atoms with E-state index in [1.165, 1.54) is 55.9 Å². The minimum absolute atomic E-state index is 0.0135. The van der Waals surface area contributed by atoms with Crippen molar-refractivity contribution in [2.24, 2.45) is 19.0 Å². The minimum Gasteiger partial charge on any atom is -0.504 e. The Morgan fingerprint density at radius 3 is 1.81 bits per heavy atom. The van der Waals surface area contributed by atoms with Gasteiger partial charge < -0.3 is 29.2 Å². The van der Waals surface area contributed by atoms with Crippen molar-refractivity contribution in [3.8, 4) is 23.0 Å². The van der Waals surface area contributed by atoms with Crippen molar-refractivity contribution in [3.63, 3.8) is 0 Å². The quantitative estimate of drug-likeness (QED) is 0.104. The first-order chi connectivity index (χ1) is 28.1. The Labute approximate surface area is 345 Å². The summed E-state index contributed by atoms with van der Waals surface area (Å²) in [6, 6.07) is 22.2. The number of amidine groups is 1. The molecule has 0 amide bonds. The van der Waals surface area contributed by atoms with Gasteiger partial charge in [-0.25, -0.2) is 5.01 Å². The van der Waals surface area contributed by atoms with E-state index in [-0.39, 0.29) is 63.7 Å². The number of methoxy groups -OCH3 is 2. The zero-order chi connectivity index (χ0) is 43.2. The summed E-state index contributed by atoms with van der Waals surface area (Å²) in [6.45, 7) is 3.61. The highest BCUT2D eigenvalue weighted by molar-refractivity contribution is 7.91. The fraction of sp³-hybridized carbons (Fsp3) is 0.211. The van der Waals surface area contributed by atoms with Gasteiger partial charge in [-0.2, -0.15) is 27.0 Å². The van der Waals surface area contributed by atoms with Crippen LogP contribution in [0.4, 0.5) is 0 Å². The molecule has 4 aromatic carbocycles. The molecule has 312 valence electrons. The number of carbonyl (C=O) groups is 2. The van der Waals surface area contributed by atoms with E-state index in [9.17, 15) is 36.6 Å². The molecule has 0 fully saturated rings. The van der Waals surface area contributed by atoms with Gasteiger partial charge in [0, 0.05) is 11.1 Å². The number of sulfonamides is 2. The number of hydrogen-bond donors (Lipinski definition) is 3. The Morgan fingerprint density at radius 1 is 0.746 bits per heavy atom.